The lowest BCUT2D eigenvalue weighted by atomic mass is 10.1. The molecule has 0 spiro atoms. The molecule has 0 saturated carbocycles. The molecular formula is C26H30F3NO2S. The van der Waals surface area contributed by atoms with E-state index in [-0.39, 0.29) is 5.91 Å². The second-order valence-corrected chi connectivity index (χ2v) is 9.24. The van der Waals surface area contributed by atoms with Crippen LogP contribution in [0.2, 0.25) is 0 Å². The molecule has 0 atom stereocenters. The number of carbonyl (C=O) groups is 1. The summed E-state index contributed by atoms with van der Waals surface area (Å²) in [7, 11) is 0. The van der Waals surface area contributed by atoms with Crippen LogP contribution in [0.1, 0.15) is 61.5 Å². The largest absolute Gasteiger partial charge is 0.461 e. The highest BCUT2D eigenvalue weighted by atomic mass is 32.2. The summed E-state index contributed by atoms with van der Waals surface area (Å²) in [6.45, 7) is 4.64. The number of carbonyl (C=O) groups excluding carboxylic acids is 1. The molecule has 0 saturated heterocycles. The van der Waals surface area contributed by atoms with Gasteiger partial charge in [-0.3, -0.25) is 4.79 Å². The Labute approximate surface area is 197 Å². The first-order valence-corrected chi connectivity index (χ1v) is 12.3. The van der Waals surface area contributed by atoms with Crippen LogP contribution in [-0.2, 0) is 23.1 Å². The Hall–Kier alpha value is -2.41. The summed E-state index contributed by atoms with van der Waals surface area (Å²) in [5.41, 5.74) is 2.07. The number of benzene rings is 2. The molecule has 0 unspecified atom stereocenters. The van der Waals surface area contributed by atoms with Crippen molar-refractivity contribution in [2.75, 3.05) is 6.54 Å². The molecule has 7 heteroatoms. The van der Waals surface area contributed by atoms with E-state index < -0.39 is 11.7 Å². The summed E-state index contributed by atoms with van der Waals surface area (Å²) in [6.07, 6.45) is 1.25. The average Bonchev–Trinajstić information content (AvgIpc) is 3.09. The van der Waals surface area contributed by atoms with Crippen LogP contribution in [0.5, 0.6) is 0 Å². The van der Waals surface area contributed by atoms with Crippen LogP contribution in [0, 0.1) is 6.92 Å². The second kappa shape index (κ2) is 11.6. The van der Waals surface area contributed by atoms with Crippen LogP contribution in [0.25, 0.3) is 11.0 Å². The predicted octanol–water partition coefficient (Wildman–Crippen LogP) is 7.68. The van der Waals surface area contributed by atoms with Gasteiger partial charge in [-0.1, -0.05) is 38.3 Å². The lowest BCUT2D eigenvalue weighted by Crippen LogP contribution is -2.25. The molecule has 1 N–H and O–H groups in total. The Bertz CT molecular complexity index is 1060. The van der Waals surface area contributed by atoms with Gasteiger partial charge in [-0.15, -0.1) is 11.8 Å². The van der Waals surface area contributed by atoms with Crippen molar-refractivity contribution in [3.63, 3.8) is 0 Å². The smallest absolute Gasteiger partial charge is 0.416 e. The molecule has 0 aliphatic heterocycles. The summed E-state index contributed by atoms with van der Waals surface area (Å²) in [4.78, 5) is 13.1. The molecule has 0 fully saturated rings. The first-order chi connectivity index (χ1) is 15.8. The number of hydrogen-bond donors (Lipinski definition) is 1. The van der Waals surface area contributed by atoms with Gasteiger partial charge in [-0.2, -0.15) is 13.2 Å². The number of halogens is 3. The van der Waals surface area contributed by atoms with Crippen molar-refractivity contribution in [1.29, 1.82) is 0 Å². The van der Waals surface area contributed by atoms with Crippen LogP contribution in [-0.4, -0.2) is 12.5 Å². The Morgan fingerprint density at radius 1 is 1.06 bits per heavy atom. The van der Waals surface area contributed by atoms with Gasteiger partial charge >= 0.3 is 6.18 Å². The Kier molecular flexibility index (Phi) is 8.89. The number of unbranched alkanes of at least 4 members (excludes halogenated alkanes) is 3. The molecule has 0 bridgehead atoms. The molecule has 1 amide bonds. The van der Waals surface area contributed by atoms with Crippen LogP contribution in [0.15, 0.2) is 51.8 Å². The fourth-order valence-corrected chi connectivity index (χ4v) is 4.63. The molecule has 2 aromatic carbocycles. The van der Waals surface area contributed by atoms with E-state index in [9.17, 15) is 18.0 Å². The third kappa shape index (κ3) is 7.29. The molecule has 33 heavy (non-hydrogen) atoms. The highest BCUT2D eigenvalue weighted by molar-refractivity contribution is 7.98. The monoisotopic (exact) mass is 477 g/mol. The number of amides is 1. The van der Waals surface area contributed by atoms with Gasteiger partial charge in [0.25, 0.3) is 0 Å². The zero-order valence-corrected chi connectivity index (χ0v) is 19.9. The minimum Gasteiger partial charge on any atom is -0.461 e. The van der Waals surface area contributed by atoms with Crippen LogP contribution < -0.4 is 5.32 Å². The molecule has 178 valence electrons. The maximum Gasteiger partial charge on any atom is 0.416 e. The van der Waals surface area contributed by atoms with Crippen molar-refractivity contribution < 1.29 is 22.4 Å². The van der Waals surface area contributed by atoms with Gasteiger partial charge in [0.2, 0.25) is 5.91 Å². The zero-order valence-electron chi connectivity index (χ0n) is 19.1. The Morgan fingerprint density at radius 2 is 1.82 bits per heavy atom. The van der Waals surface area contributed by atoms with Crippen LogP contribution >= 0.6 is 11.8 Å². The van der Waals surface area contributed by atoms with Gasteiger partial charge in [-0.05, 0) is 55.7 Å². The summed E-state index contributed by atoms with van der Waals surface area (Å²) in [5, 5.41) is 4.02. The number of aryl methyl sites for hydroxylation is 1. The van der Waals surface area contributed by atoms with Crippen LogP contribution in [0.3, 0.4) is 0 Å². The molecule has 1 aromatic heterocycles. The third-order valence-electron chi connectivity index (χ3n) is 5.61. The molecular weight excluding hydrogens is 447 g/mol. The third-order valence-corrected chi connectivity index (χ3v) is 6.67. The number of nitrogens with one attached hydrogen (secondary N) is 1. The minimum atomic E-state index is -4.32. The number of hydrogen-bond acceptors (Lipinski definition) is 3. The van der Waals surface area contributed by atoms with E-state index in [1.807, 2.05) is 19.1 Å². The minimum absolute atomic E-state index is 0.0874. The van der Waals surface area contributed by atoms with Gasteiger partial charge in [0, 0.05) is 34.6 Å². The summed E-state index contributed by atoms with van der Waals surface area (Å²) < 4.78 is 44.1. The number of thioether (sulfide) groups is 1. The van der Waals surface area contributed by atoms with Crippen molar-refractivity contribution in [3.8, 4) is 0 Å². The highest BCUT2D eigenvalue weighted by Gasteiger charge is 2.29. The first kappa shape index (κ1) is 25.2. The van der Waals surface area contributed by atoms with Gasteiger partial charge in [0.1, 0.15) is 11.3 Å². The van der Waals surface area contributed by atoms with Crippen molar-refractivity contribution in [2.45, 2.75) is 69.2 Å². The summed E-state index contributed by atoms with van der Waals surface area (Å²) in [6, 6.07) is 11.2. The average molecular weight is 478 g/mol. The molecule has 0 aliphatic rings. The first-order valence-electron chi connectivity index (χ1n) is 11.4. The number of rotatable bonds is 11. The summed E-state index contributed by atoms with van der Waals surface area (Å²) in [5.74, 6) is 1.50. The van der Waals surface area contributed by atoms with Crippen LogP contribution in [0.4, 0.5) is 13.2 Å². The van der Waals surface area contributed by atoms with Crippen molar-refractivity contribution in [1.82, 2.24) is 5.32 Å². The topological polar surface area (TPSA) is 42.2 Å². The van der Waals surface area contributed by atoms with Gasteiger partial charge in [-0.25, -0.2) is 0 Å². The van der Waals surface area contributed by atoms with E-state index in [1.165, 1.54) is 12.1 Å². The fraction of sp³-hybridized carbons (Fsp3) is 0.423. The van der Waals surface area contributed by atoms with E-state index >= 15 is 0 Å². The van der Waals surface area contributed by atoms with Crippen molar-refractivity contribution in [3.05, 3.63) is 64.9 Å². The lowest BCUT2D eigenvalue weighted by Gasteiger charge is -2.08. The zero-order chi connectivity index (χ0) is 23.8. The van der Waals surface area contributed by atoms with Gasteiger partial charge in [0.15, 0.2) is 0 Å². The molecule has 0 radical (unpaired) electrons. The van der Waals surface area contributed by atoms with Crippen molar-refractivity contribution in [2.24, 2.45) is 0 Å². The molecule has 3 aromatic rings. The van der Waals surface area contributed by atoms with Crippen molar-refractivity contribution >= 4 is 28.6 Å². The van der Waals surface area contributed by atoms with Gasteiger partial charge in [0.05, 0.1) is 5.56 Å². The summed E-state index contributed by atoms with van der Waals surface area (Å²) >= 11 is 1.57. The van der Waals surface area contributed by atoms with E-state index in [0.29, 0.717) is 25.1 Å². The number of fused-ring (bicyclic) bond motifs is 1. The van der Waals surface area contributed by atoms with E-state index in [1.54, 1.807) is 11.8 Å². The normalized spacial score (nSPS) is 11.8. The van der Waals surface area contributed by atoms with E-state index in [2.05, 4.69) is 18.3 Å². The fourth-order valence-electron chi connectivity index (χ4n) is 3.73. The Balaban J connectivity index is 1.58. The maximum absolute atomic E-state index is 12.7. The molecule has 3 nitrogen and oxygen atoms in total. The SMILES string of the molecule is CCCCCCC(=O)NCCc1c(C)oc2ccc(SCc3ccc(C(F)(F)F)cc3)cc12. The van der Waals surface area contributed by atoms with E-state index in [4.69, 9.17) is 4.42 Å². The molecule has 3 rings (SSSR count). The molecule has 0 aliphatic carbocycles. The number of furan rings is 1. The standard InChI is InChI=1S/C26H30F3NO2S/c1-3-4-5-6-7-25(31)30-15-14-22-18(2)32-24-13-12-21(16-23(22)24)33-17-19-8-10-20(11-9-19)26(27,28)29/h8-13,16H,3-7,14-15,17H2,1-2H3,(H,30,31). The lowest BCUT2D eigenvalue weighted by molar-refractivity contribution is -0.137. The predicted molar refractivity (Wildman–Crippen MR) is 127 cm³/mol. The van der Waals surface area contributed by atoms with E-state index in [0.717, 1.165) is 70.6 Å². The highest BCUT2D eigenvalue weighted by Crippen LogP contribution is 2.33. The molecule has 1 heterocycles. The maximum atomic E-state index is 12.7. The quantitative estimate of drug-likeness (QED) is 0.227. The second-order valence-electron chi connectivity index (χ2n) is 8.19. The number of alkyl halides is 3. The Morgan fingerprint density at radius 3 is 2.52 bits per heavy atom. The van der Waals surface area contributed by atoms with Gasteiger partial charge < -0.3 is 9.73 Å².